The Labute approximate surface area is 151 Å². The van der Waals surface area contributed by atoms with Gasteiger partial charge in [0.1, 0.15) is 17.7 Å². The molecule has 1 saturated heterocycles. The van der Waals surface area contributed by atoms with Gasteiger partial charge in [0.05, 0.1) is 11.8 Å². The maximum atomic E-state index is 10.6. The van der Waals surface area contributed by atoms with Crippen molar-refractivity contribution in [1.29, 1.82) is 0 Å². The van der Waals surface area contributed by atoms with Gasteiger partial charge >= 0.3 is 0 Å². The average molecular weight is 384 g/mol. The largest absolute Gasteiger partial charge is 0.397 e. The highest BCUT2D eigenvalue weighted by atomic mass is 32.2. The minimum absolute atomic E-state index is 0.436. The summed E-state index contributed by atoms with van der Waals surface area (Å²) in [6.45, 7) is 3.06. The molecule has 25 heavy (non-hydrogen) atoms. The number of fused-ring (bicyclic) bond motifs is 1. The van der Waals surface area contributed by atoms with Crippen LogP contribution in [0.4, 0.5) is 5.69 Å². The van der Waals surface area contributed by atoms with Crippen molar-refractivity contribution in [2.24, 2.45) is 0 Å². The van der Waals surface area contributed by atoms with E-state index < -0.39 is 31.4 Å². The molecule has 1 aliphatic rings. The molecule has 0 saturated carbocycles. The second-order valence-corrected chi connectivity index (χ2v) is 12.1. The number of aromatic nitrogens is 3. The summed E-state index contributed by atoms with van der Waals surface area (Å²) in [4.78, 5) is 8.86. The molecule has 0 aliphatic carbocycles. The molecule has 9 heteroatoms. The van der Waals surface area contributed by atoms with Crippen molar-refractivity contribution in [2.45, 2.75) is 36.1 Å². The van der Waals surface area contributed by atoms with Crippen LogP contribution in [0.1, 0.15) is 12.6 Å². The maximum Gasteiger partial charge on any atom is 0.172 e. The summed E-state index contributed by atoms with van der Waals surface area (Å²) >= 11 is 1.42. The lowest BCUT2D eigenvalue weighted by molar-refractivity contribution is -0.0400. The summed E-state index contributed by atoms with van der Waals surface area (Å²) < 4.78 is 7.77. The Morgan fingerprint density at radius 2 is 2.12 bits per heavy atom. The minimum atomic E-state index is -1.23. The van der Waals surface area contributed by atoms with Gasteiger partial charge in [0.2, 0.25) is 0 Å². The molecule has 1 aliphatic heterocycles. The highest BCUT2D eigenvalue weighted by Crippen LogP contribution is 2.41. The molecule has 0 bridgehead atoms. The van der Waals surface area contributed by atoms with Gasteiger partial charge in [-0.05, 0) is 38.2 Å². The van der Waals surface area contributed by atoms with Crippen LogP contribution in [0.2, 0.25) is 0 Å². The van der Waals surface area contributed by atoms with Crippen LogP contribution >= 0.6 is 18.6 Å². The van der Waals surface area contributed by atoms with E-state index in [-0.39, 0.29) is 0 Å². The van der Waals surface area contributed by atoms with E-state index in [4.69, 9.17) is 10.5 Å². The quantitative estimate of drug-likeness (QED) is 0.529. The topological polar surface area (TPSA) is 106 Å². The molecule has 4 atom stereocenters. The molecule has 0 amide bonds. The lowest BCUT2D eigenvalue weighted by Gasteiger charge is -2.19. The number of pyridine rings is 1. The zero-order chi connectivity index (χ0) is 18.4. The van der Waals surface area contributed by atoms with Crippen molar-refractivity contribution in [1.82, 2.24) is 14.5 Å². The number of thioether (sulfide) groups is 1. The van der Waals surface area contributed by atoms with Crippen LogP contribution in [0, 0.1) is 0 Å². The fourth-order valence-corrected chi connectivity index (χ4v) is 4.54. The van der Waals surface area contributed by atoms with Gasteiger partial charge in [-0.2, -0.15) is 0 Å². The Bertz CT molecular complexity index is 821. The predicted molar refractivity (Wildman–Crippen MR) is 105 cm³/mol. The number of nitrogens with zero attached hydrogens (tertiary/aromatic N) is 3. The predicted octanol–water partition coefficient (Wildman–Crippen LogP) is 1.45. The Morgan fingerprint density at radius 3 is 2.76 bits per heavy atom. The highest BCUT2D eigenvalue weighted by molar-refractivity contribution is 7.98. The maximum absolute atomic E-state index is 10.6. The third-order valence-corrected chi connectivity index (χ3v) is 6.49. The summed E-state index contributed by atoms with van der Waals surface area (Å²) in [6, 6.07) is 1.69. The first-order valence-electron chi connectivity index (χ1n) is 8.08. The SMILES string of the molecule is C=P(C)(C)CC[C@H]1OC(n2c(SC)nc3c(N)ccnc32)[C@H](O)[C@@H]1O. The molecule has 2 aromatic heterocycles. The first kappa shape index (κ1) is 18.7. The number of ether oxygens (including phenoxy) is 1. The van der Waals surface area contributed by atoms with Gasteiger partial charge in [0.25, 0.3) is 0 Å². The van der Waals surface area contributed by atoms with Crippen LogP contribution in [-0.2, 0) is 4.74 Å². The molecule has 3 rings (SSSR count). The lowest BCUT2D eigenvalue weighted by atomic mass is 10.1. The first-order chi connectivity index (χ1) is 11.7. The average Bonchev–Trinajstić information content (AvgIpc) is 3.05. The Balaban J connectivity index is 1.95. The molecule has 7 nitrogen and oxygen atoms in total. The van der Waals surface area contributed by atoms with E-state index in [1.54, 1.807) is 16.8 Å². The third kappa shape index (κ3) is 3.59. The summed E-state index contributed by atoms with van der Waals surface area (Å²) in [6.07, 6.45) is 6.05. The summed E-state index contributed by atoms with van der Waals surface area (Å²) in [5, 5.41) is 21.7. The van der Waals surface area contributed by atoms with E-state index in [0.717, 1.165) is 6.16 Å². The number of hydrogen-bond acceptors (Lipinski definition) is 7. The second kappa shape index (κ2) is 6.93. The van der Waals surface area contributed by atoms with Gasteiger partial charge in [-0.3, -0.25) is 4.57 Å². The van der Waals surface area contributed by atoms with Crippen LogP contribution in [0.15, 0.2) is 17.4 Å². The van der Waals surface area contributed by atoms with Crippen molar-refractivity contribution in [3.05, 3.63) is 12.3 Å². The van der Waals surface area contributed by atoms with Gasteiger partial charge in [-0.25, -0.2) is 9.97 Å². The third-order valence-electron chi connectivity index (χ3n) is 4.37. The second-order valence-electron chi connectivity index (χ2n) is 7.04. The van der Waals surface area contributed by atoms with E-state index in [9.17, 15) is 10.2 Å². The number of rotatable bonds is 5. The zero-order valence-electron chi connectivity index (χ0n) is 14.7. The van der Waals surface area contributed by atoms with Crippen LogP contribution < -0.4 is 5.73 Å². The number of hydrogen-bond donors (Lipinski definition) is 3. The fraction of sp³-hybridized carbons (Fsp3) is 0.562. The number of imidazole rings is 1. The van der Waals surface area contributed by atoms with Crippen LogP contribution in [0.5, 0.6) is 0 Å². The number of anilines is 1. The van der Waals surface area contributed by atoms with E-state index in [2.05, 4.69) is 29.6 Å². The van der Waals surface area contributed by atoms with Crippen molar-refractivity contribution in [3.63, 3.8) is 0 Å². The molecule has 2 aromatic rings. The molecule has 1 fully saturated rings. The summed E-state index contributed by atoms with van der Waals surface area (Å²) in [5.41, 5.74) is 7.64. The molecule has 3 heterocycles. The van der Waals surface area contributed by atoms with Crippen LogP contribution in [-0.4, -0.2) is 75.1 Å². The van der Waals surface area contributed by atoms with Crippen molar-refractivity contribution in [2.75, 3.05) is 31.5 Å². The number of aliphatic hydroxyl groups excluding tert-OH is 2. The van der Waals surface area contributed by atoms with E-state index >= 15 is 0 Å². The Morgan fingerprint density at radius 1 is 1.40 bits per heavy atom. The van der Waals surface area contributed by atoms with Gasteiger partial charge < -0.3 is 20.7 Å². The zero-order valence-corrected chi connectivity index (χ0v) is 16.4. The smallest absolute Gasteiger partial charge is 0.172 e. The highest BCUT2D eigenvalue weighted by Gasteiger charge is 2.45. The van der Waals surface area contributed by atoms with Gasteiger partial charge in [-0.1, -0.05) is 11.8 Å². The van der Waals surface area contributed by atoms with E-state index in [0.29, 0.717) is 28.4 Å². The summed E-state index contributed by atoms with van der Waals surface area (Å²) in [7, 11) is 0. The van der Waals surface area contributed by atoms with Crippen molar-refractivity contribution >= 4 is 41.8 Å². The number of aliphatic hydroxyl groups is 2. The fourth-order valence-electron chi connectivity index (χ4n) is 3.02. The minimum Gasteiger partial charge on any atom is -0.397 e. The molecule has 0 aromatic carbocycles. The van der Waals surface area contributed by atoms with Crippen molar-refractivity contribution in [3.8, 4) is 0 Å². The Hall–Kier alpha value is -1.05. The Kier molecular flexibility index (Phi) is 5.19. The normalized spacial score (nSPS) is 27.2. The van der Waals surface area contributed by atoms with Crippen molar-refractivity contribution < 1.29 is 14.9 Å². The number of nitrogens with two attached hydrogens (primary N) is 1. The molecule has 0 spiro atoms. The number of nitrogen functional groups attached to an aromatic ring is 1. The first-order valence-corrected chi connectivity index (χ1v) is 12.4. The molecule has 1 unspecified atom stereocenters. The summed E-state index contributed by atoms with van der Waals surface area (Å²) in [5.74, 6) is 0. The van der Waals surface area contributed by atoms with Crippen LogP contribution in [0.3, 0.4) is 0 Å². The lowest BCUT2D eigenvalue weighted by Crippen LogP contribution is -2.32. The molecule has 4 N–H and O–H groups in total. The van der Waals surface area contributed by atoms with Gasteiger partial charge in [0, 0.05) is 6.20 Å². The van der Waals surface area contributed by atoms with Gasteiger partial charge in [0.15, 0.2) is 17.0 Å². The van der Waals surface area contributed by atoms with Crippen LogP contribution in [0.25, 0.3) is 11.2 Å². The van der Waals surface area contributed by atoms with E-state index in [1.165, 1.54) is 11.8 Å². The molecule has 0 radical (unpaired) electrons. The van der Waals surface area contributed by atoms with E-state index in [1.807, 2.05) is 6.26 Å². The van der Waals surface area contributed by atoms with Gasteiger partial charge in [-0.15, -0.1) is 13.2 Å². The molecule has 138 valence electrons. The standard InChI is InChI=1S/C16H25N4O3PS/c1-24(2,3)8-6-10-12(21)13(22)15(23-10)20-14-11(19-16(20)25-4)9(17)5-7-18-14/h5,7,10,12-13,15,21-22H,1,6,8H2,2-4H3,(H2,17,18)/t10-,12-,13-,15?/m1/s1. The molecular formula is C16H25N4O3PS. The monoisotopic (exact) mass is 384 g/mol. The molecular weight excluding hydrogens is 359 g/mol.